The van der Waals surface area contributed by atoms with E-state index in [0.29, 0.717) is 30.2 Å². The van der Waals surface area contributed by atoms with Gasteiger partial charge in [-0.1, -0.05) is 18.2 Å². The van der Waals surface area contributed by atoms with Crippen molar-refractivity contribution in [1.82, 2.24) is 10.0 Å². The first-order valence-corrected chi connectivity index (χ1v) is 9.90. The van der Waals surface area contributed by atoms with Gasteiger partial charge in [0.2, 0.25) is 11.0 Å². The highest BCUT2D eigenvalue weighted by Gasteiger charge is 2.32. The molecule has 0 unspecified atom stereocenters. The van der Waals surface area contributed by atoms with Gasteiger partial charge >= 0.3 is 5.97 Å². The molecule has 2 heterocycles. The third-order valence-electron chi connectivity index (χ3n) is 5.10. The van der Waals surface area contributed by atoms with Gasteiger partial charge in [0.05, 0.1) is 7.11 Å². The lowest BCUT2D eigenvalue weighted by atomic mass is 10.2. The van der Waals surface area contributed by atoms with Gasteiger partial charge in [-0.15, -0.1) is 5.06 Å². The molecule has 8 nitrogen and oxygen atoms in total. The number of amides is 2. The van der Waals surface area contributed by atoms with Gasteiger partial charge in [0.15, 0.2) is 11.3 Å². The monoisotopic (exact) mass is 408 g/mol. The smallest absolute Gasteiger partial charge is 0.333 e. The second-order valence-electron chi connectivity index (χ2n) is 7.08. The third-order valence-corrected chi connectivity index (χ3v) is 5.10. The van der Waals surface area contributed by atoms with E-state index < -0.39 is 17.8 Å². The Kier molecular flexibility index (Phi) is 5.56. The Morgan fingerprint density at radius 2 is 1.77 bits per heavy atom. The molecule has 2 aromatic carbocycles. The fourth-order valence-corrected chi connectivity index (χ4v) is 3.63. The number of imide groups is 1. The second kappa shape index (κ2) is 8.44. The molecule has 3 aromatic rings. The first kappa shape index (κ1) is 19.8. The molecule has 1 aromatic heterocycles. The predicted octanol–water partition coefficient (Wildman–Crippen LogP) is 2.46. The molecule has 1 fully saturated rings. The molecule has 1 aliphatic rings. The number of hydrogen-bond donors (Lipinski definition) is 0. The van der Waals surface area contributed by atoms with Gasteiger partial charge in [-0.05, 0) is 18.6 Å². The number of benzene rings is 2. The van der Waals surface area contributed by atoms with Crippen molar-refractivity contribution in [3.8, 4) is 5.75 Å². The fraction of sp³-hybridized carbons (Fsp3) is 0.318. The summed E-state index contributed by atoms with van der Waals surface area (Å²) < 4.78 is 7.64. The Balaban J connectivity index is 1.47. The summed E-state index contributed by atoms with van der Waals surface area (Å²) in [6.45, 7) is 0.668. The van der Waals surface area contributed by atoms with Gasteiger partial charge in [-0.2, -0.15) is 4.57 Å². The maximum absolute atomic E-state index is 12.0. The minimum atomic E-state index is -0.574. The molecular formula is C22H22N3O5+. The van der Waals surface area contributed by atoms with E-state index in [-0.39, 0.29) is 19.3 Å². The van der Waals surface area contributed by atoms with Gasteiger partial charge in [0.25, 0.3) is 11.8 Å². The summed E-state index contributed by atoms with van der Waals surface area (Å²) in [4.78, 5) is 44.8. The summed E-state index contributed by atoms with van der Waals surface area (Å²) in [5.74, 6) is -0.801. The van der Waals surface area contributed by atoms with E-state index >= 15 is 0 Å². The Bertz CT molecular complexity index is 1130. The lowest BCUT2D eigenvalue weighted by Gasteiger charge is -2.12. The van der Waals surface area contributed by atoms with E-state index in [9.17, 15) is 14.4 Å². The van der Waals surface area contributed by atoms with Crippen LogP contribution in [0.4, 0.5) is 0 Å². The van der Waals surface area contributed by atoms with Crippen LogP contribution in [0.3, 0.4) is 0 Å². The minimum absolute atomic E-state index is 0.0917. The number of aromatic nitrogens is 2. The molecule has 30 heavy (non-hydrogen) atoms. The number of hydrogen-bond acceptors (Lipinski definition) is 6. The zero-order chi connectivity index (χ0) is 21.1. The van der Waals surface area contributed by atoms with Crippen molar-refractivity contribution in [3.05, 3.63) is 42.5 Å². The van der Waals surface area contributed by atoms with E-state index in [4.69, 9.17) is 14.6 Å². The Labute approximate surface area is 173 Å². The number of hydroxylamine groups is 2. The Hall–Kier alpha value is -3.55. The van der Waals surface area contributed by atoms with E-state index in [2.05, 4.69) is 4.57 Å². The van der Waals surface area contributed by atoms with Crippen molar-refractivity contribution >= 4 is 39.9 Å². The number of nitrogens with zero attached hydrogens (tertiary/aromatic N) is 3. The number of unbranched alkanes of at least 4 members (excludes halogenated alkanes) is 1. The molecular weight excluding hydrogens is 386 g/mol. The normalized spacial score (nSPS) is 14.0. The molecule has 4 rings (SSSR count). The Morgan fingerprint density at radius 3 is 2.53 bits per heavy atom. The largest absolute Gasteiger partial charge is 0.494 e. The van der Waals surface area contributed by atoms with Crippen molar-refractivity contribution in [3.63, 3.8) is 0 Å². The highest BCUT2D eigenvalue weighted by atomic mass is 16.7. The molecule has 0 saturated carbocycles. The maximum Gasteiger partial charge on any atom is 0.333 e. The van der Waals surface area contributed by atoms with Crippen LogP contribution in [0.5, 0.6) is 5.75 Å². The van der Waals surface area contributed by atoms with Crippen LogP contribution in [0.15, 0.2) is 42.5 Å². The lowest BCUT2D eigenvalue weighted by molar-refractivity contribution is -0.646. The van der Waals surface area contributed by atoms with Crippen LogP contribution in [0, 0.1) is 0 Å². The molecule has 0 aliphatic carbocycles. The molecule has 1 aliphatic heterocycles. The number of rotatable bonds is 7. The minimum Gasteiger partial charge on any atom is -0.494 e. The van der Waals surface area contributed by atoms with Crippen molar-refractivity contribution in [2.75, 3.05) is 7.11 Å². The molecule has 0 atom stereocenters. The summed E-state index contributed by atoms with van der Waals surface area (Å²) >= 11 is 0. The summed E-state index contributed by atoms with van der Waals surface area (Å²) in [5.41, 5.74) is 3.59. The average molecular weight is 408 g/mol. The summed E-state index contributed by atoms with van der Waals surface area (Å²) in [5, 5.41) is 0.591. The van der Waals surface area contributed by atoms with Gasteiger partial charge < -0.3 is 9.57 Å². The number of methoxy groups -OCH3 is 1. The zero-order valence-electron chi connectivity index (χ0n) is 16.7. The van der Waals surface area contributed by atoms with E-state index in [0.717, 1.165) is 22.1 Å². The standard InChI is InChI=1S/C22H22N3O5/c1-29-18-10-6-9-17-22(18)23-15-7-2-3-8-16(15)24(17)14-5-4-11-21(28)30-25-19(26)12-13-20(25)27/h2-3,6-10H,4-5,11-14H2,1H3/q+1. The number of para-hydroxylation sites is 3. The summed E-state index contributed by atoms with van der Waals surface area (Å²) in [7, 11) is 1.62. The number of carbonyl (C=O) groups excluding carboxylic acids is 3. The zero-order valence-corrected chi connectivity index (χ0v) is 16.7. The van der Waals surface area contributed by atoms with E-state index in [1.807, 2.05) is 42.5 Å². The molecule has 0 spiro atoms. The molecule has 8 heteroatoms. The van der Waals surface area contributed by atoms with Crippen LogP contribution in [0.2, 0.25) is 0 Å². The van der Waals surface area contributed by atoms with Crippen LogP contribution in [-0.4, -0.2) is 34.9 Å². The van der Waals surface area contributed by atoms with Crippen LogP contribution in [0.1, 0.15) is 32.1 Å². The lowest BCUT2D eigenvalue weighted by Crippen LogP contribution is -2.36. The third kappa shape index (κ3) is 3.80. The van der Waals surface area contributed by atoms with Crippen molar-refractivity contribution in [1.29, 1.82) is 0 Å². The summed E-state index contributed by atoms with van der Waals surface area (Å²) in [6, 6.07) is 13.7. The SMILES string of the molecule is COc1cccc2c1nc1ccccc1[n+]2CCCCC(=O)ON1C(=O)CCC1=O. The molecule has 154 valence electrons. The van der Waals surface area contributed by atoms with Crippen LogP contribution < -0.4 is 9.30 Å². The quantitative estimate of drug-likeness (QED) is 0.258. The molecule has 0 radical (unpaired) electrons. The highest BCUT2D eigenvalue weighted by Crippen LogP contribution is 2.23. The van der Waals surface area contributed by atoms with Crippen LogP contribution in [-0.2, 0) is 25.8 Å². The molecule has 0 bridgehead atoms. The number of aryl methyl sites for hydroxylation is 1. The van der Waals surface area contributed by atoms with Crippen molar-refractivity contribution in [2.45, 2.75) is 38.6 Å². The van der Waals surface area contributed by atoms with Crippen LogP contribution in [0.25, 0.3) is 22.1 Å². The van der Waals surface area contributed by atoms with Gasteiger partial charge in [-0.3, -0.25) is 9.59 Å². The van der Waals surface area contributed by atoms with Crippen LogP contribution >= 0.6 is 0 Å². The van der Waals surface area contributed by atoms with E-state index in [1.165, 1.54) is 0 Å². The van der Waals surface area contributed by atoms with Gasteiger partial charge in [0.1, 0.15) is 12.1 Å². The first-order chi connectivity index (χ1) is 14.6. The molecule has 2 amide bonds. The second-order valence-corrected chi connectivity index (χ2v) is 7.08. The van der Waals surface area contributed by atoms with Crippen molar-refractivity contribution in [2.24, 2.45) is 0 Å². The fourth-order valence-electron chi connectivity index (χ4n) is 3.63. The number of fused-ring (bicyclic) bond motifs is 2. The predicted molar refractivity (Wildman–Crippen MR) is 107 cm³/mol. The molecule has 0 N–H and O–H groups in total. The average Bonchev–Trinajstić information content (AvgIpc) is 3.07. The van der Waals surface area contributed by atoms with Gasteiger partial charge in [0, 0.05) is 37.8 Å². The van der Waals surface area contributed by atoms with E-state index in [1.54, 1.807) is 7.11 Å². The number of carbonyl (C=O) groups is 3. The van der Waals surface area contributed by atoms with Gasteiger partial charge in [-0.25, -0.2) is 9.78 Å². The Morgan fingerprint density at radius 1 is 1.03 bits per heavy atom. The highest BCUT2D eigenvalue weighted by molar-refractivity contribution is 6.01. The molecule has 1 saturated heterocycles. The first-order valence-electron chi connectivity index (χ1n) is 9.90. The topological polar surface area (TPSA) is 89.7 Å². The number of ether oxygens (including phenoxy) is 1. The summed E-state index contributed by atoms with van der Waals surface area (Å²) in [6.07, 6.45) is 1.58. The maximum atomic E-state index is 12.0. The van der Waals surface area contributed by atoms with Crippen molar-refractivity contribution < 1.29 is 28.5 Å².